The smallest absolute Gasteiger partial charge is 0.317 e. The maximum atomic E-state index is 12.5. The van der Waals surface area contributed by atoms with E-state index in [1.807, 2.05) is 36.1 Å². The van der Waals surface area contributed by atoms with Gasteiger partial charge in [0.25, 0.3) is 0 Å². The Balaban J connectivity index is 1.53. The third kappa shape index (κ3) is 4.61. The second-order valence-electron chi connectivity index (χ2n) is 6.35. The molecule has 1 saturated heterocycles. The van der Waals surface area contributed by atoms with Crippen LogP contribution < -0.4 is 10.1 Å². The standard InChI is InChI=1S/C18H26N2O3/c1-2-23-17-5-3-4-14(10-17)11-19-18(21)20(16-6-7-16)12-15-8-9-22-13-15/h3-5,10,15-16H,2,6-9,11-13H2,1H3,(H,19,21). The van der Waals surface area contributed by atoms with Crippen LogP contribution in [0.5, 0.6) is 5.75 Å². The second kappa shape index (κ2) is 7.68. The van der Waals surface area contributed by atoms with Crippen LogP contribution in [-0.2, 0) is 11.3 Å². The Morgan fingerprint density at radius 2 is 2.26 bits per heavy atom. The molecule has 0 radical (unpaired) electrons. The maximum Gasteiger partial charge on any atom is 0.317 e. The quantitative estimate of drug-likeness (QED) is 0.841. The number of nitrogens with zero attached hydrogens (tertiary/aromatic N) is 1. The van der Waals surface area contributed by atoms with Crippen molar-refractivity contribution in [3.63, 3.8) is 0 Å². The Kier molecular flexibility index (Phi) is 5.39. The molecule has 0 bridgehead atoms. The average molecular weight is 318 g/mol. The number of benzene rings is 1. The van der Waals surface area contributed by atoms with Crippen molar-refractivity contribution in [2.75, 3.05) is 26.4 Å². The fraction of sp³-hybridized carbons (Fsp3) is 0.611. The van der Waals surface area contributed by atoms with Crippen LogP contribution in [0, 0.1) is 5.92 Å². The molecular weight excluding hydrogens is 292 g/mol. The van der Waals surface area contributed by atoms with E-state index in [2.05, 4.69) is 5.32 Å². The topological polar surface area (TPSA) is 50.8 Å². The highest BCUT2D eigenvalue weighted by atomic mass is 16.5. The number of carbonyl (C=O) groups excluding carboxylic acids is 1. The van der Waals surface area contributed by atoms with Crippen molar-refractivity contribution in [1.29, 1.82) is 0 Å². The molecule has 1 unspecified atom stereocenters. The van der Waals surface area contributed by atoms with Gasteiger partial charge in [-0.2, -0.15) is 0 Å². The summed E-state index contributed by atoms with van der Waals surface area (Å²) in [5, 5.41) is 3.05. The van der Waals surface area contributed by atoms with Crippen LogP contribution in [0.4, 0.5) is 4.79 Å². The molecule has 5 heteroatoms. The van der Waals surface area contributed by atoms with E-state index in [0.29, 0.717) is 25.1 Å². The minimum absolute atomic E-state index is 0.0428. The normalized spacial score (nSPS) is 20.3. The van der Waals surface area contributed by atoms with Crippen molar-refractivity contribution in [2.45, 2.75) is 38.8 Å². The molecule has 1 heterocycles. The van der Waals surface area contributed by atoms with E-state index in [4.69, 9.17) is 9.47 Å². The molecule has 3 rings (SSSR count). The van der Waals surface area contributed by atoms with Crippen molar-refractivity contribution in [3.8, 4) is 5.75 Å². The van der Waals surface area contributed by atoms with Gasteiger partial charge >= 0.3 is 6.03 Å². The second-order valence-corrected chi connectivity index (χ2v) is 6.35. The highest BCUT2D eigenvalue weighted by molar-refractivity contribution is 5.75. The first-order chi connectivity index (χ1) is 11.3. The van der Waals surface area contributed by atoms with Crippen LogP contribution in [0.3, 0.4) is 0 Å². The zero-order valence-electron chi connectivity index (χ0n) is 13.8. The predicted octanol–water partition coefficient (Wildman–Crippen LogP) is 2.80. The molecule has 1 saturated carbocycles. The van der Waals surface area contributed by atoms with Crippen molar-refractivity contribution < 1.29 is 14.3 Å². The number of hydrogen-bond acceptors (Lipinski definition) is 3. The van der Waals surface area contributed by atoms with E-state index in [-0.39, 0.29) is 6.03 Å². The number of carbonyl (C=O) groups is 1. The largest absolute Gasteiger partial charge is 0.494 e. The molecule has 1 aliphatic carbocycles. The Bertz CT molecular complexity index is 525. The third-order valence-electron chi connectivity index (χ3n) is 4.38. The van der Waals surface area contributed by atoms with Gasteiger partial charge < -0.3 is 19.7 Å². The van der Waals surface area contributed by atoms with Gasteiger partial charge in [0.15, 0.2) is 0 Å². The lowest BCUT2D eigenvalue weighted by Crippen LogP contribution is -2.43. The average Bonchev–Trinajstić information content (AvgIpc) is 3.27. The van der Waals surface area contributed by atoms with Gasteiger partial charge in [-0.15, -0.1) is 0 Å². The minimum Gasteiger partial charge on any atom is -0.494 e. The van der Waals surface area contributed by atoms with Crippen molar-refractivity contribution in [2.24, 2.45) is 5.92 Å². The van der Waals surface area contributed by atoms with E-state index < -0.39 is 0 Å². The summed E-state index contributed by atoms with van der Waals surface area (Å²) in [5.74, 6) is 1.34. The van der Waals surface area contributed by atoms with Gasteiger partial charge in [-0.1, -0.05) is 12.1 Å². The lowest BCUT2D eigenvalue weighted by atomic mass is 10.1. The zero-order chi connectivity index (χ0) is 16.1. The molecule has 2 aliphatic rings. The van der Waals surface area contributed by atoms with Crippen LogP contribution in [0.2, 0.25) is 0 Å². The van der Waals surface area contributed by atoms with Crippen LogP contribution in [-0.4, -0.2) is 43.3 Å². The molecule has 126 valence electrons. The molecule has 23 heavy (non-hydrogen) atoms. The molecular formula is C18H26N2O3. The molecule has 1 atom stereocenters. The van der Waals surface area contributed by atoms with E-state index in [9.17, 15) is 4.79 Å². The van der Waals surface area contributed by atoms with Crippen LogP contribution >= 0.6 is 0 Å². The fourth-order valence-electron chi connectivity index (χ4n) is 2.98. The third-order valence-corrected chi connectivity index (χ3v) is 4.38. The first-order valence-corrected chi connectivity index (χ1v) is 8.60. The first-order valence-electron chi connectivity index (χ1n) is 8.60. The molecule has 1 aliphatic heterocycles. The number of amides is 2. The fourth-order valence-corrected chi connectivity index (χ4v) is 2.98. The van der Waals surface area contributed by atoms with Gasteiger partial charge in [-0.05, 0) is 43.9 Å². The number of hydrogen-bond donors (Lipinski definition) is 1. The Morgan fingerprint density at radius 3 is 2.96 bits per heavy atom. The van der Waals surface area contributed by atoms with Gasteiger partial charge in [-0.3, -0.25) is 0 Å². The Hall–Kier alpha value is -1.75. The first kappa shape index (κ1) is 16.1. The summed E-state index contributed by atoms with van der Waals surface area (Å²) in [6, 6.07) is 8.35. The van der Waals surface area contributed by atoms with Crippen LogP contribution in [0.25, 0.3) is 0 Å². The molecule has 1 aromatic carbocycles. The van der Waals surface area contributed by atoms with E-state index in [1.54, 1.807) is 0 Å². The maximum absolute atomic E-state index is 12.5. The van der Waals surface area contributed by atoms with Crippen molar-refractivity contribution in [3.05, 3.63) is 29.8 Å². The number of nitrogens with one attached hydrogen (secondary N) is 1. The lowest BCUT2D eigenvalue weighted by molar-refractivity contribution is 0.162. The van der Waals surface area contributed by atoms with Crippen molar-refractivity contribution >= 4 is 6.03 Å². The SMILES string of the molecule is CCOc1cccc(CNC(=O)N(CC2CCOC2)C2CC2)c1. The summed E-state index contributed by atoms with van der Waals surface area (Å²) >= 11 is 0. The Morgan fingerprint density at radius 1 is 1.39 bits per heavy atom. The molecule has 0 aromatic heterocycles. The van der Waals surface area contributed by atoms with Gasteiger partial charge in [0.2, 0.25) is 0 Å². The summed E-state index contributed by atoms with van der Waals surface area (Å²) in [5.41, 5.74) is 1.06. The lowest BCUT2D eigenvalue weighted by Gasteiger charge is -2.25. The predicted molar refractivity (Wildman–Crippen MR) is 88.5 cm³/mol. The van der Waals surface area contributed by atoms with Gasteiger partial charge in [0, 0.05) is 31.7 Å². The summed E-state index contributed by atoms with van der Waals surface area (Å²) in [6.45, 7) is 5.57. The van der Waals surface area contributed by atoms with Crippen molar-refractivity contribution in [1.82, 2.24) is 10.2 Å². The molecule has 2 fully saturated rings. The molecule has 5 nitrogen and oxygen atoms in total. The zero-order valence-corrected chi connectivity index (χ0v) is 13.8. The molecule has 1 aromatic rings. The number of urea groups is 1. The molecule has 0 spiro atoms. The van der Waals surface area contributed by atoms with Gasteiger partial charge in [0.05, 0.1) is 13.2 Å². The van der Waals surface area contributed by atoms with E-state index >= 15 is 0 Å². The molecule has 1 N–H and O–H groups in total. The summed E-state index contributed by atoms with van der Waals surface area (Å²) in [7, 11) is 0. The number of ether oxygens (including phenoxy) is 2. The monoisotopic (exact) mass is 318 g/mol. The highest BCUT2D eigenvalue weighted by Crippen LogP contribution is 2.29. The summed E-state index contributed by atoms with van der Waals surface area (Å²) in [6.07, 6.45) is 3.31. The summed E-state index contributed by atoms with van der Waals surface area (Å²) in [4.78, 5) is 14.5. The van der Waals surface area contributed by atoms with Gasteiger partial charge in [-0.25, -0.2) is 4.79 Å². The van der Waals surface area contributed by atoms with Crippen LogP contribution in [0.1, 0.15) is 31.7 Å². The minimum atomic E-state index is 0.0428. The van der Waals surface area contributed by atoms with E-state index in [1.165, 1.54) is 0 Å². The Labute approximate surface area is 137 Å². The number of rotatable bonds is 7. The van der Waals surface area contributed by atoms with Crippen LogP contribution in [0.15, 0.2) is 24.3 Å². The van der Waals surface area contributed by atoms with E-state index in [0.717, 1.165) is 50.3 Å². The summed E-state index contributed by atoms with van der Waals surface area (Å²) < 4.78 is 10.9. The molecule has 2 amide bonds. The highest BCUT2D eigenvalue weighted by Gasteiger charge is 2.34. The van der Waals surface area contributed by atoms with Gasteiger partial charge in [0.1, 0.15) is 5.75 Å².